The van der Waals surface area contributed by atoms with Gasteiger partial charge in [0, 0.05) is 19.8 Å². The number of benzene rings is 1. The lowest BCUT2D eigenvalue weighted by Gasteiger charge is -2.13. The molecule has 0 spiro atoms. The van der Waals surface area contributed by atoms with Gasteiger partial charge in [-0.25, -0.2) is 4.98 Å². The van der Waals surface area contributed by atoms with E-state index in [1.807, 2.05) is 38.1 Å². The molecule has 0 atom stereocenters. The molecule has 0 bridgehead atoms. The lowest BCUT2D eigenvalue weighted by atomic mass is 10.3. The molecule has 1 heterocycles. The molecule has 0 aliphatic heterocycles. The Balaban J connectivity index is 2.01. The Morgan fingerprint density at radius 1 is 1.04 bits per heavy atom. The van der Waals surface area contributed by atoms with E-state index in [1.54, 1.807) is 18.3 Å². The minimum atomic E-state index is -3.55. The predicted octanol–water partition coefficient (Wildman–Crippen LogP) is 2.83. The van der Waals surface area contributed by atoms with Crippen LogP contribution in [0.5, 0.6) is 5.75 Å². The standard InChI is InChI=1S/C16H22N4O3S/c1-12(2)23-15-8-5-13(6-9-15)18-14-7-10-16(17-11-14)19-24(21,22)20(3)4/h5-12,18H,1-4H3,(H,17,19). The van der Waals surface area contributed by atoms with Gasteiger partial charge in [0.25, 0.3) is 0 Å². The maximum atomic E-state index is 11.7. The summed E-state index contributed by atoms with van der Waals surface area (Å²) < 4.78 is 32.5. The molecule has 1 aromatic carbocycles. The molecule has 24 heavy (non-hydrogen) atoms. The molecule has 2 rings (SSSR count). The summed E-state index contributed by atoms with van der Waals surface area (Å²) in [7, 11) is -0.653. The number of hydrogen-bond acceptors (Lipinski definition) is 5. The Morgan fingerprint density at radius 2 is 1.67 bits per heavy atom. The van der Waals surface area contributed by atoms with E-state index in [9.17, 15) is 8.42 Å². The molecule has 130 valence electrons. The molecular weight excluding hydrogens is 328 g/mol. The van der Waals surface area contributed by atoms with Gasteiger partial charge in [0.05, 0.1) is 18.0 Å². The summed E-state index contributed by atoms with van der Waals surface area (Å²) in [6.07, 6.45) is 1.69. The van der Waals surface area contributed by atoms with Gasteiger partial charge in [-0.15, -0.1) is 0 Å². The van der Waals surface area contributed by atoms with Gasteiger partial charge in [-0.05, 0) is 50.2 Å². The van der Waals surface area contributed by atoms with Crippen LogP contribution in [-0.2, 0) is 10.2 Å². The van der Waals surface area contributed by atoms with Crippen LogP contribution >= 0.6 is 0 Å². The summed E-state index contributed by atoms with van der Waals surface area (Å²) in [5.41, 5.74) is 1.63. The van der Waals surface area contributed by atoms with Crippen LogP contribution in [0.1, 0.15) is 13.8 Å². The maximum absolute atomic E-state index is 11.7. The average molecular weight is 350 g/mol. The van der Waals surface area contributed by atoms with E-state index in [2.05, 4.69) is 15.0 Å². The third-order valence-corrected chi connectivity index (χ3v) is 4.42. The van der Waals surface area contributed by atoms with Gasteiger partial charge >= 0.3 is 10.2 Å². The number of ether oxygens (including phenoxy) is 1. The van der Waals surface area contributed by atoms with Gasteiger partial charge in [-0.1, -0.05) is 0 Å². The molecule has 1 aromatic heterocycles. The second-order valence-electron chi connectivity index (χ2n) is 5.64. The summed E-state index contributed by atoms with van der Waals surface area (Å²) >= 11 is 0. The van der Waals surface area contributed by atoms with Gasteiger partial charge in [-0.2, -0.15) is 12.7 Å². The van der Waals surface area contributed by atoms with Crippen molar-refractivity contribution >= 4 is 27.4 Å². The predicted molar refractivity (Wildman–Crippen MR) is 96.0 cm³/mol. The number of pyridine rings is 1. The molecule has 8 heteroatoms. The quantitative estimate of drug-likeness (QED) is 0.802. The fourth-order valence-electron chi connectivity index (χ4n) is 1.81. The SMILES string of the molecule is CC(C)Oc1ccc(Nc2ccc(NS(=O)(=O)N(C)C)nc2)cc1. The normalized spacial score (nSPS) is 11.6. The lowest BCUT2D eigenvalue weighted by molar-refractivity contribution is 0.242. The first kappa shape index (κ1) is 18.0. The zero-order valence-corrected chi connectivity index (χ0v) is 15.0. The first-order valence-electron chi connectivity index (χ1n) is 7.46. The zero-order valence-electron chi connectivity index (χ0n) is 14.1. The Bertz CT molecular complexity index is 757. The average Bonchev–Trinajstić information content (AvgIpc) is 2.50. The minimum Gasteiger partial charge on any atom is -0.491 e. The van der Waals surface area contributed by atoms with Gasteiger partial charge in [0.2, 0.25) is 0 Å². The molecule has 0 saturated heterocycles. The van der Waals surface area contributed by atoms with Crippen LogP contribution < -0.4 is 14.8 Å². The number of aromatic nitrogens is 1. The topological polar surface area (TPSA) is 83.6 Å². The van der Waals surface area contributed by atoms with Crippen molar-refractivity contribution in [1.82, 2.24) is 9.29 Å². The fourth-order valence-corrected chi connectivity index (χ4v) is 2.37. The summed E-state index contributed by atoms with van der Waals surface area (Å²) in [5.74, 6) is 1.07. The van der Waals surface area contributed by atoms with Crippen molar-refractivity contribution in [3.8, 4) is 5.75 Å². The van der Waals surface area contributed by atoms with Crippen molar-refractivity contribution in [3.05, 3.63) is 42.6 Å². The van der Waals surface area contributed by atoms with Crippen LogP contribution in [0.15, 0.2) is 42.6 Å². The minimum absolute atomic E-state index is 0.131. The van der Waals surface area contributed by atoms with Crippen molar-refractivity contribution in [3.63, 3.8) is 0 Å². The monoisotopic (exact) mass is 350 g/mol. The summed E-state index contributed by atoms with van der Waals surface area (Å²) in [6, 6.07) is 10.9. The van der Waals surface area contributed by atoms with Gasteiger partial charge in [-0.3, -0.25) is 4.72 Å². The van der Waals surface area contributed by atoms with Crippen molar-refractivity contribution in [1.29, 1.82) is 0 Å². The Kier molecular flexibility index (Phi) is 5.63. The Labute approximate surface area is 142 Å². The molecule has 0 unspecified atom stereocenters. The largest absolute Gasteiger partial charge is 0.491 e. The van der Waals surface area contributed by atoms with Crippen LogP contribution in [0.4, 0.5) is 17.2 Å². The van der Waals surface area contributed by atoms with Gasteiger partial charge in [0.1, 0.15) is 11.6 Å². The summed E-state index contributed by atoms with van der Waals surface area (Å²) in [4.78, 5) is 4.10. The van der Waals surface area contributed by atoms with E-state index in [0.717, 1.165) is 21.4 Å². The summed E-state index contributed by atoms with van der Waals surface area (Å²) in [5, 5.41) is 3.19. The van der Waals surface area contributed by atoms with E-state index in [4.69, 9.17) is 4.74 Å². The van der Waals surface area contributed by atoms with E-state index in [-0.39, 0.29) is 11.9 Å². The smallest absolute Gasteiger partial charge is 0.302 e. The second-order valence-corrected chi connectivity index (χ2v) is 7.52. The number of hydrogen-bond donors (Lipinski definition) is 2. The highest BCUT2D eigenvalue weighted by Crippen LogP contribution is 2.21. The molecule has 7 nitrogen and oxygen atoms in total. The molecule has 0 aliphatic rings. The van der Waals surface area contributed by atoms with Crippen molar-refractivity contribution in [2.75, 3.05) is 24.1 Å². The highest BCUT2D eigenvalue weighted by Gasteiger charge is 2.13. The molecule has 0 aliphatic carbocycles. The van der Waals surface area contributed by atoms with Crippen molar-refractivity contribution in [2.45, 2.75) is 20.0 Å². The molecule has 2 aromatic rings. The van der Waals surface area contributed by atoms with Crippen LogP contribution in [0.2, 0.25) is 0 Å². The van der Waals surface area contributed by atoms with Crippen molar-refractivity contribution in [2.24, 2.45) is 0 Å². The molecular formula is C16H22N4O3S. The van der Waals surface area contributed by atoms with Gasteiger partial charge in [0.15, 0.2) is 0 Å². The molecule has 0 amide bonds. The first-order chi connectivity index (χ1) is 11.3. The fraction of sp³-hybridized carbons (Fsp3) is 0.312. The zero-order chi connectivity index (χ0) is 17.7. The van der Waals surface area contributed by atoms with Crippen LogP contribution in [0.3, 0.4) is 0 Å². The van der Waals surface area contributed by atoms with E-state index < -0.39 is 10.2 Å². The van der Waals surface area contributed by atoms with Crippen LogP contribution in [0.25, 0.3) is 0 Å². The third-order valence-electron chi connectivity index (χ3n) is 2.99. The highest BCUT2D eigenvalue weighted by atomic mass is 32.2. The lowest BCUT2D eigenvalue weighted by Crippen LogP contribution is -2.29. The molecule has 0 fully saturated rings. The first-order valence-corrected chi connectivity index (χ1v) is 8.90. The van der Waals surface area contributed by atoms with E-state index in [1.165, 1.54) is 14.1 Å². The highest BCUT2D eigenvalue weighted by molar-refractivity contribution is 7.90. The van der Waals surface area contributed by atoms with E-state index in [0.29, 0.717) is 0 Å². The molecule has 0 saturated carbocycles. The third kappa shape index (κ3) is 5.10. The van der Waals surface area contributed by atoms with E-state index >= 15 is 0 Å². The molecule has 2 N–H and O–H groups in total. The number of nitrogens with one attached hydrogen (secondary N) is 2. The van der Waals surface area contributed by atoms with Crippen LogP contribution in [-0.4, -0.2) is 37.9 Å². The Morgan fingerprint density at radius 3 is 2.17 bits per heavy atom. The molecule has 0 radical (unpaired) electrons. The number of nitrogens with zero attached hydrogens (tertiary/aromatic N) is 2. The van der Waals surface area contributed by atoms with Crippen LogP contribution in [0, 0.1) is 0 Å². The number of rotatable bonds is 7. The summed E-state index contributed by atoms with van der Waals surface area (Å²) in [6.45, 7) is 3.95. The second kappa shape index (κ2) is 7.50. The number of anilines is 3. The van der Waals surface area contributed by atoms with Crippen molar-refractivity contribution < 1.29 is 13.2 Å². The Hall–Kier alpha value is -2.32. The maximum Gasteiger partial charge on any atom is 0.302 e. The van der Waals surface area contributed by atoms with Gasteiger partial charge < -0.3 is 10.1 Å².